The molecule has 204 valence electrons. The number of halogens is 4. The molecule has 0 unspecified atom stereocenters. The van der Waals surface area contributed by atoms with Crippen LogP contribution < -0.4 is 4.74 Å². The first-order valence-corrected chi connectivity index (χ1v) is 11.8. The van der Waals surface area contributed by atoms with Crippen LogP contribution in [0, 0.1) is 0 Å². The number of aliphatic carboxylic acids is 1. The number of benzene rings is 1. The third-order valence-electron chi connectivity index (χ3n) is 5.70. The number of rotatable bonds is 5. The van der Waals surface area contributed by atoms with Crippen molar-refractivity contribution >= 4 is 34.6 Å². The summed E-state index contributed by atoms with van der Waals surface area (Å²) in [5, 5.41) is 23.3. The van der Waals surface area contributed by atoms with E-state index in [1.165, 1.54) is 12.1 Å². The van der Waals surface area contributed by atoms with Crippen molar-refractivity contribution in [2.24, 2.45) is 0 Å². The number of nitrogens with zero attached hydrogens (tertiary/aromatic N) is 4. The topological polar surface area (TPSA) is 127 Å². The highest BCUT2D eigenvalue weighted by atomic mass is 35.5. The highest BCUT2D eigenvalue weighted by Crippen LogP contribution is 2.36. The fourth-order valence-electron chi connectivity index (χ4n) is 4.01. The van der Waals surface area contributed by atoms with Crippen molar-refractivity contribution in [3.63, 3.8) is 0 Å². The minimum absolute atomic E-state index is 0.0585. The number of amides is 1. The summed E-state index contributed by atoms with van der Waals surface area (Å²) < 4.78 is 51.7. The third kappa shape index (κ3) is 5.63. The number of carboxylic acids is 1. The van der Waals surface area contributed by atoms with E-state index in [1.807, 2.05) is 0 Å². The highest BCUT2D eigenvalue weighted by Gasteiger charge is 2.43. The van der Waals surface area contributed by atoms with Crippen molar-refractivity contribution in [2.45, 2.75) is 57.7 Å². The van der Waals surface area contributed by atoms with Gasteiger partial charge in [-0.1, -0.05) is 17.7 Å². The van der Waals surface area contributed by atoms with Gasteiger partial charge in [0.2, 0.25) is 0 Å². The van der Waals surface area contributed by atoms with Crippen molar-refractivity contribution in [3.8, 4) is 11.6 Å². The van der Waals surface area contributed by atoms with Crippen LogP contribution >= 0.6 is 11.6 Å². The summed E-state index contributed by atoms with van der Waals surface area (Å²) >= 11 is 6.42. The lowest BCUT2D eigenvalue weighted by Gasteiger charge is -2.26. The zero-order valence-electron chi connectivity index (χ0n) is 20.5. The van der Waals surface area contributed by atoms with Crippen LogP contribution in [0.4, 0.5) is 18.0 Å². The third-order valence-corrected chi connectivity index (χ3v) is 6.12. The fourth-order valence-corrected chi connectivity index (χ4v) is 4.28. The molecule has 4 rings (SSSR count). The van der Waals surface area contributed by atoms with Crippen LogP contribution in [-0.2, 0) is 22.3 Å². The van der Waals surface area contributed by atoms with Crippen LogP contribution in [0.3, 0.4) is 0 Å². The molecule has 0 radical (unpaired) electrons. The molecule has 0 saturated carbocycles. The molecule has 0 bridgehead atoms. The summed E-state index contributed by atoms with van der Waals surface area (Å²) in [4.78, 5) is 29.9. The molecule has 1 fully saturated rings. The lowest BCUT2D eigenvalue weighted by molar-refractivity contribution is -0.142. The lowest BCUT2D eigenvalue weighted by Crippen LogP contribution is -2.43. The van der Waals surface area contributed by atoms with Crippen molar-refractivity contribution in [1.82, 2.24) is 19.7 Å². The Morgan fingerprint density at radius 2 is 1.92 bits per heavy atom. The highest BCUT2D eigenvalue weighted by molar-refractivity contribution is 6.36. The Morgan fingerprint density at radius 1 is 1.21 bits per heavy atom. The number of aliphatic hydroxyl groups is 1. The number of hydrogen-bond donors (Lipinski definition) is 2. The number of aliphatic hydroxyl groups excluding tert-OH is 1. The molecule has 2 aromatic heterocycles. The molecule has 38 heavy (non-hydrogen) atoms. The number of pyridine rings is 1. The summed E-state index contributed by atoms with van der Waals surface area (Å²) in [6, 6.07) is 4.02. The van der Waals surface area contributed by atoms with Crippen LogP contribution in [0.25, 0.3) is 16.7 Å². The zero-order chi connectivity index (χ0) is 28.0. The SMILES string of the molecule is CC(C)(C)OC(=O)N1C[C@@H](Oc2cc(-n3ccc(C(F)(F)F)n3)nc3c(Cl)c(CO)ccc23)C[C@H]1C(=O)O. The molecule has 2 N–H and O–H groups in total. The normalized spacial score (nSPS) is 18.2. The Morgan fingerprint density at radius 3 is 2.50 bits per heavy atom. The number of likely N-dealkylation sites (tertiary alicyclic amines) is 1. The Balaban J connectivity index is 1.74. The predicted octanol–water partition coefficient (Wildman–Crippen LogP) is 4.43. The number of hydrogen-bond acceptors (Lipinski definition) is 7. The summed E-state index contributed by atoms with van der Waals surface area (Å²) in [6.07, 6.45) is -5.30. The summed E-state index contributed by atoms with van der Waals surface area (Å²) in [5.41, 5.74) is -1.53. The molecule has 1 aromatic carbocycles. The van der Waals surface area contributed by atoms with E-state index in [-0.39, 0.29) is 35.1 Å². The first-order chi connectivity index (χ1) is 17.7. The van der Waals surface area contributed by atoms with E-state index in [0.717, 1.165) is 21.8 Å². The first kappa shape index (κ1) is 27.5. The van der Waals surface area contributed by atoms with E-state index in [9.17, 15) is 33.0 Å². The molecular formula is C24H24ClF3N4O6. The van der Waals surface area contributed by atoms with Gasteiger partial charge in [0, 0.05) is 24.1 Å². The van der Waals surface area contributed by atoms with Gasteiger partial charge < -0.3 is 19.7 Å². The molecule has 0 aliphatic carbocycles. The van der Waals surface area contributed by atoms with Gasteiger partial charge in [-0.05, 0) is 38.5 Å². The number of aromatic nitrogens is 3. The second kappa shape index (κ2) is 9.95. The van der Waals surface area contributed by atoms with Gasteiger partial charge >= 0.3 is 18.2 Å². The Labute approximate surface area is 219 Å². The number of ether oxygens (including phenoxy) is 2. The number of carboxylic acid groups (broad SMARTS) is 1. The smallest absolute Gasteiger partial charge is 0.435 e. The molecular weight excluding hydrogens is 533 g/mol. The fraction of sp³-hybridized carbons (Fsp3) is 0.417. The molecule has 2 atom stereocenters. The molecule has 1 aliphatic rings. The minimum Gasteiger partial charge on any atom is -0.488 e. The van der Waals surface area contributed by atoms with Gasteiger partial charge in [0.05, 0.1) is 23.7 Å². The van der Waals surface area contributed by atoms with E-state index in [4.69, 9.17) is 21.1 Å². The molecule has 10 nitrogen and oxygen atoms in total. The molecule has 14 heteroatoms. The van der Waals surface area contributed by atoms with Gasteiger partial charge in [-0.25, -0.2) is 19.3 Å². The maximum absolute atomic E-state index is 13.1. The van der Waals surface area contributed by atoms with Crippen LogP contribution in [0.15, 0.2) is 30.5 Å². The number of carbonyl (C=O) groups is 2. The van der Waals surface area contributed by atoms with Crippen molar-refractivity contribution in [1.29, 1.82) is 0 Å². The van der Waals surface area contributed by atoms with Gasteiger partial charge in [0.1, 0.15) is 23.5 Å². The van der Waals surface area contributed by atoms with Crippen LogP contribution in [0.1, 0.15) is 38.4 Å². The Bertz CT molecular complexity index is 1390. The van der Waals surface area contributed by atoms with E-state index >= 15 is 0 Å². The Hall–Kier alpha value is -3.58. The second-order valence-electron chi connectivity index (χ2n) is 9.68. The van der Waals surface area contributed by atoms with Gasteiger partial charge in [-0.15, -0.1) is 0 Å². The number of fused-ring (bicyclic) bond motifs is 1. The van der Waals surface area contributed by atoms with Crippen molar-refractivity contribution in [3.05, 3.63) is 46.7 Å². The molecule has 1 amide bonds. The molecule has 3 aromatic rings. The van der Waals surface area contributed by atoms with E-state index in [1.54, 1.807) is 26.8 Å². The van der Waals surface area contributed by atoms with Gasteiger partial charge in [-0.3, -0.25) is 4.90 Å². The average molecular weight is 557 g/mol. The minimum atomic E-state index is -4.68. The van der Waals surface area contributed by atoms with Crippen LogP contribution in [-0.4, -0.2) is 66.2 Å². The summed E-state index contributed by atoms with van der Waals surface area (Å²) in [7, 11) is 0. The Kier molecular flexibility index (Phi) is 7.19. The first-order valence-electron chi connectivity index (χ1n) is 11.4. The quantitative estimate of drug-likeness (QED) is 0.473. The van der Waals surface area contributed by atoms with E-state index < -0.39 is 48.3 Å². The molecule has 1 aliphatic heterocycles. The molecule has 0 spiro atoms. The number of alkyl halides is 3. The van der Waals surface area contributed by atoms with E-state index in [0.29, 0.717) is 10.9 Å². The standard InChI is InChI=1S/C24H24ClF3N4O6/c1-23(2,3)38-22(36)31-10-13(8-15(31)21(34)35)37-16-9-18(32-7-6-17(30-32)24(26,27)28)29-20-14(16)5-4-12(11-33)19(20)25/h4-7,9,13,15,33H,8,10-11H2,1-3H3,(H,34,35)/t13-,15-/m0/s1. The maximum atomic E-state index is 13.1. The summed E-state index contributed by atoms with van der Waals surface area (Å²) in [5.74, 6) is -1.17. The predicted molar refractivity (Wildman–Crippen MR) is 128 cm³/mol. The van der Waals surface area contributed by atoms with Gasteiger partial charge in [0.25, 0.3) is 0 Å². The van der Waals surface area contributed by atoms with Crippen molar-refractivity contribution in [2.75, 3.05) is 6.54 Å². The average Bonchev–Trinajstić information content (AvgIpc) is 3.46. The zero-order valence-corrected chi connectivity index (χ0v) is 21.2. The molecule has 1 saturated heterocycles. The van der Waals surface area contributed by atoms with Crippen LogP contribution in [0.5, 0.6) is 5.75 Å². The largest absolute Gasteiger partial charge is 0.488 e. The maximum Gasteiger partial charge on any atom is 0.435 e. The lowest BCUT2D eigenvalue weighted by atomic mass is 10.1. The second-order valence-corrected chi connectivity index (χ2v) is 10.1. The van der Waals surface area contributed by atoms with Crippen molar-refractivity contribution < 1.29 is 42.4 Å². The van der Waals surface area contributed by atoms with Gasteiger partial charge in [0.15, 0.2) is 11.5 Å². The van der Waals surface area contributed by atoms with E-state index in [2.05, 4.69) is 10.1 Å². The summed E-state index contributed by atoms with van der Waals surface area (Å²) in [6.45, 7) is 4.43. The number of carbonyl (C=O) groups excluding carboxylic acids is 1. The van der Waals surface area contributed by atoms with Gasteiger partial charge in [-0.2, -0.15) is 18.3 Å². The monoisotopic (exact) mass is 556 g/mol. The molecule has 3 heterocycles. The van der Waals surface area contributed by atoms with Crippen LogP contribution in [0.2, 0.25) is 5.02 Å².